The van der Waals surface area contributed by atoms with Gasteiger partial charge in [-0.3, -0.25) is 4.68 Å². The number of aromatic nitrogens is 4. The van der Waals surface area contributed by atoms with Gasteiger partial charge in [-0.25, -0.2) is 14.8 Å². The van der Waals surface area contributed by atoms with Gasteiger partial charge in [-0.05, 0) is 37.6 Å². The van der Waals surface area contributed by atoms with Crippen LogP contribution in [0.3, 0.4) is 0 Å². The molecule has 29 heavy (non-hydrogen) atoms. The predicted molar refractivity (Wildman–Crippen MR) is 111 cm³/mol. The van der Waals surface area contributed by atoms with Crippen molar-refractivity contribution in [3.8, 4) is 11.3 Å². The largest absolute Gasteiger partial charge is 0.368 e. The van der Waals surface area contributed by atoms with E-state index in [9.17, 15) is 4.79 Å². The maximum absolute atomic E-state index is 12.7. The third-order valence-electron chi connectivity index (χ3n) is 5.12. The van der Waals surface area contributed by atoms with E-state index in [0.29, 0.717) is 24.7 Å². The van der Waals surface area contributed by atoms with Crippen LogP contribution >= 0.6 is 11.6 Å². The van der Waals surface area contributed by atoms with Crippen molar-refractivity contribution in [3.05, 3.63) is 57.5 Å². The third kappa shape index (κ3) is 3.75. The molecule has 0 saturated heterocycles. The van der Waals surface area contributed by atoms with Crippen LogP contribution in [-0.2, 0) is 26.7 Å². The summed E-state index contributed by atoms with van der Waals surface area (Å²) in [6.45, 7) is 5.11. The average Bonchev–Trinajstić information content (AvgIpc) is 3.22. The Morgan fingerprint density at radius 2 is 2.03 bits per heavy atom. The highest BCUT2D eigenvalue weighted by Crippen LogP contribution is 2.33. The van der Waals surface area contributed by atoms with Crippen molar-refractivity contribution in [3.63, 3.8) is 0 Å². The van der Waals surface area contributed by atoms with Crippen molar-refractivity contribution in [1.29, 1.82) is 0 Å². The number of fused-ring (bicyclic) bond motifs is 1. The van der Waals surface area contributed by atoms with Crippen LogP contribution in [0.4, 0.5) is 10.7 Å². The molecule has 4 rings (SSSR count). The van der Waals surface area contributed by atoms with Crippen molar-refractivity contribution in [2.24, 2.45) is 7.05 Å². The minimum atomic E-state index is -0.177. The first-order valence-electron chi connectivity index (χ1n) is 9.26. The number of benzene rings is 1. The number of amides is 2. The summed E-state index contributed by atoms with van der Waals surface area (Å²) in [5, 5.41) is 7.95. The molecule has 9 heteroatoms. The summed E-state index contributed by atoms with van der Waals surface area (Å²) >= 11 is 6.09. The Morgan fingerprint density at radius 3 is 2.72 bits per heavy atom. The topological polar surface area (TPSA) is 102 Å². The lowest BCUT2D eigenvalue weighted by Gasteiger charge is -2.16. The monoisotopic (exact) mass is 411 g/mol. The van der Waals surface area contributed by atoms with Gasteiger partial charge < -0.3 is 16.0 Å². The van der Waals surface area contributed by atoms with Gasteiger partial charge in [0.25, 0.3) is 0 Å². The number of urea groups is 1. The minimum Gasteiger partial charge on any atom is -0.368 e. The molecule has 0 radical (unpaired) electrons. The molecule has 1 aromatic carbocycles. The van der Waals surface area contributed by atoms with Crippen LogP contribution in [0.1, 0.15) is 28.2 Å². The third-order valence-corrected chi connectivity index (χ3v) is 5.35. The lowest BCUT2D eigenvalue weighted by molar-refractivity contribution is 0.197. The van der Waals surface area contributed by atoms with Crippen LogP contribution in [-0.4, -0.2) is 30.7 Å². The zero-order valence-corrected chi connectivity index (χ0v) is 17.3. The number of rotatable bonds is 3. The van der Waals surface area contributed by atoms with E-state index >= 15 is 0 Å². The Labute approximate surface area is 173 Å². The van der Waals surface area contributed by atoms with E-state index in [4.69, 9.17) is 17.3 Å². The molecule has 3 aromatic rings. The van der Waals surface area contributed by atoms with Crippen molar-refractivity contribution in [2.75, 3.05) is 5.73 Å². The second-order valence-corrected chi connectivity index (χ2v) is 7.67. The Hall–Kier alpha value is -3.13. The molecule has 3 N–H and O–H groups in total. The fourth-order valence-corrected chi connectivity index (χ4v) is 3.76. The standard InChI is InChI=1S/C20H22ClN7O/c1-11-6-13(21)4-5-15(11)18-16-9-28(10-17(16)24-19(22)25-18)20(29)23-8-14-7-12(2)27(3)26-14/h4-7H,8-10H2,1-3H3,(H,23,29)(H2,22,24,25). The Morgan fingerprint density at radius 1 is 1.24 bits per heavy atom. The molecule has 0 bridgehead atoms. The molecule has 0 fully saturated rings. The van der Waals surface area contributed by atoms with Gasteiger partial charge in [0.1, 0.15) is 0 Å². The zero-order chi connectivity index (χ0) is 20.7. The summed E-state index contributed by atoms with van der Waals surface area (Å²) < 4.78 is 1.78. The maximum Gasteiger partial charge on any atom is 0.318 e. The number of hydrogen-bond acceptors (Lipinski definition) is 5. The zero-order valence-electron chi connectivity index (χ0n) is 16.5. The Kier molecular flexibility index (Phi) is 4.87. The van der Waals surface area contributed by atoms with Gasteiger partial charge in [-0.2, -0.15) is 5.10 Å². The molecule has 1 aliphatic rings. The molecule has 3 heterocycles. The number of carbonyl (C=O) groups excluding carboxylic acids is 1. The number of aryl methyl sites for hydroxylation is 3. The van der Waals surface area contributed by atoms with Crippen molar-refractivity contribution >= 4 is 23.6 Å². The number of nitrogens with two attached hydrogens (primary N) is 1. The van der Waals surface area contributed by atoms with Gasteiger partial charge in [-0.1, -0.05) is 17.7 Å². The highest BCUT2D eigenvalue weighted by atomic mass is 35.5. The van der Waals surface area contributed by atoms with Crippen LogP contribution < -0.4 is 11.1 Å². The Bertz CT molecular complexity index is 1090. The van der Waals surface area contributed by atoms with Gasteiger partial charge in [-0.15, -0.1) is 0 Å². The SMILES string of the molecule is Cc1cc(Cl)ccc1-c1nc(N)nc2c1CN(C(=O)NCc1cc(C)n(C)n1)C2. The second kappa shape index (κ2) is 7.36. The van der Waals surface area contributed by atoms with E-state index in [1.807, 2.05) is 45.2 Å². The second-order valence-electron chi connectivity index (χ2n) is 7.23. The molecule has 0 spiro atoms. The quantitative estimate of drug-likeness (QED) is 0.689. The number of halogens is 1. The molecule has 0 saturated carbocycles. The first-order chi connectivity index (χ1) is 13.8. The van der Waals surface area contributed by atoms with Gasteiger partial charge in [0.15, 0.2) is 0 Å². The predicted octanol–water partition coefficient (Wildman–Crippen LogP) is 2.95. The van der Waals surface area contributed by atoms with Crippen LogP contribution in [0.2, 0.25) is 5.02 Å². The number of carbonyl (C=O) groups is 1. The van der Waals surface area contributed by atoms with Crippen LogP contribution in [0, 0.1) is 13.8 Å². The van der Waals surface area contributed by atoms with Crippen molar-refractivity contribution in [1.82, 2.24) is 30.0 Å². The van der Waals surface area contributed by atoms with E-state index in [0.717, 1.165) is 39.5 Å². The normalized spacial score (nSPS) is 12.9. The van der Waals surface area contributed by atoms with Gasteiger partial charge in [0.2, 0.25) is 5.95 Å². The molecule has 8 nitrogen and oxygen atoms in total. The molecule has 2 amide bonds. The number of nitrogen functional groups attached to an aromatic ring is 1. The molecule has 2 aromatic heterocycles. The fourth-order valence-electron chi connectivity index (χ4n) is 3.53. The van der Waals surface area contributed by atoms with Gasteiger partial charge >= 0.3 is 6.03 Å². The van der Waals surface area contributed by atoms with E-state index in [2.05, 4.69) is 20.4 Å². The van der Waals surface area contributed by atoms with Crippen LogP contribution in [0.25, 0.3) is 11.3 Å². The summed E-state index contributed by atoms with van der Waals surface area (Å²) in [5.41, 5.74) is 12.2. The summed E-state index contributed by atoms with van der Waals surface area (Å²) in [5.74, 6) is 0.194. The van der Waals surface area contributed by atoms with Gasteiger partial charge in [0, 0.05) is 28.9 Å². The molecular formula is C20H22ClN7O. The lowest BCUT2D eigenvalue weighted by Crippen LogP contribution is -2.36. The van der Waals surface area contributed by atoms with Crippen molar-refractivity contribution in [2.45, 2.75) is 33.5 Å². The smallest absolute Gasteiger partial charge is 0.318 e. The minimum absolute atomic E-state index is 0.177. The highest BCUT2D eigenvalue weighted by Gasteiger charge is 2.29. The summed E-state index contributed by atoms with van der Waals surface area (Å²) in [4.78, 5) is 23.2. The molecule has 0 unspecified atom stereocenters. The summed E-state index contributed by atoms with van der Waals surface area (Å²) in [6.07, 6.45) is 0. The van der Waals surface area contributed by atoms with E-state index < -0.39 is 0 Å². The Balaban J connectivity index is 1.55. The summed E-state index contributed by atoms with van der Waals surface area (Å²) in [7, 11) is 1.88. The van der Waals surface area contributed by atoms with E-state index in [1.165, 1.54) is 0 Å². The highest BCUT2D eigenvalue weighted by molar-refractivity contribution is 6.30. The summed E-state index contributed by atoms with van der Waals surface area (Å²) in [6, 6.07) is 7.40. The number of hydrogen-bond donors (Lipinski definition) is 2. The molecule has 0 aliphatic carbocycles. The average molecular weight is 412 g/mol. The molecule has 1 aliphatic heterocycles. The van der Waals surface area contributed by atoms with Crippen LogP contribution in [0.15, 0.2) is 24.3 Å². The molecule has 150 valence electrons. The number of nitrogens with one attached hydrogen (secondary N) is 1. The number of anilines is 1. The maximum atomic E-state index is 12.7. The lowest BCUT2D eigenvalue weighted by atomic mass is 10.0. The first kappa shape index (κ1) is 19.2. The molecular weight excluding hydrogens is 390 g/mol. The number of nitrogens with zero attached hydrogens (tertiary/aromatic N) is 5. The van der Waals surface area contributed by atoms with Gasteiger partial charge in [0.05, 0.1) is 36.7 Å². The van der Waals surface area contributed by atoms with E-state index in [1.54, 1.807) is 9.58 Å². The van der Waals surface area contributed by atoms with Crippen molar-refractivity contribution < 1.29 is 4.79 Å². The molecule has 0 atom stereocenters. The van der Waals surface area contributed by atoms with E-state index in [-0.39, 0.29) is 12.0 Å². The fraction of sp³-hybridized carbons (Fsp3) is 0.300. The van der Waals surface area contributed by atoms with Crippen LogP contribution in [0.5, 0.6) is 0 Å². The first-order valence-corrected chi connectivity index (χ1v) is 9.63.